The molecule has 1 atom stereocenters. The Hall–Kier alpha value is -5.06. The van der Waals surface area contributed by atoms with Gasteiger partial charge in [0, 0.05) is 66.3 Å². The number of para-hydroxylation sites is 1. The van der Waals surface area contributed by atoms with Crippen LogP contribution in [0.15, 0.2) is 83.3 Å². The van der Waals surface area contributed by atoms with Gasteiger partial charge in [-0.3, -0.25) is 10.2 Å². The van der Waals surface area contributed by atoms with E-state index in [1.807, 2.05) is 6.92 Å². The Kier molecular flexibility index (Phi) is 9.64. The van der Waals surface area contributed by atoms with Crippen molar-refractivity contribution in [2.75, 3.05) is 22.6 Å². The molecule has 11 heteroatoms. The van der Waals surface area contributed by atoms with Gasteiger partial charge in [0.05, 0.1) is 18.0 Å². The highest BCUT2D eigenvalue weighted by Crippen LogP contribution is 2.27. The molecular weight excluding hydrogens is 542 g/mol. The molecule has 1 unspecified atom stereocenters. The van der Waals surface area contributed by atoms with Crippen LogP contribution in [0.3, 0.4) is 0 Å². The van der Waals surface area contributed by atoms with Gasteiger partial charge < -0.3 is 25.8 Å². The van der Waals surface area contributed by atoms with E-state index < -0.39 is 11.6 Å². The molecule has 0 radical (unpaired) electrons. The van der Waals surface area contributed by atoms with Crippen molar-refractivity contribution in [3.8, 4) is 5.75 Å². The minimum atomic E-state index is -0.740. The number of allylic oxidation sites excluding steroid dienone is 3. The minimum Gasteiger partial charge on any atom is -0.504 e. The summed E-state index contributed by atoms with van der Waals surface area (Å²) in [5.41, 5.74) is 1.61. The number of nitrogens with one attached hydrogen (secondary N) is 4. The molecule has 218 valence electrons. The van der Waals surface area contributed by atoms with Crippen LogP contribution in [0.4, 0.5) is 26.0 Å². The first-order valence-corrected chi connectivity index (χ1v) is 13.4. The van der Waals surface area contributed by atoms with Gasteiger partial charge in [-0.1, -0.05) is 25.1 Å². The number of carbonyl (C=O) groups excluding carboxylic acids is 1. The third-order valence-electron chi connectivity index (χ3n) is 6.35. The average Bonchev–Trinajstić information content (AvgIpc) is 3.10. The zero-order valence-electron chi connectivity index (χ0n) is 23.5. The molecule has 1 aliphatic heterocycles. The number of aliphatic hydroxyl groups excluding tert-OH is 1. The maximum Gasteiger partial charge on any atom is 0.222 e. The Morgan fingerprint density at radius 3 is 2.52 bits per heavy atom. The topological polar surface area (TPSA) is 132 Å². The van der Waals surface area contributed by atoms with Crippen molar-refractivity contribution >= 4 is 34.6 Å². The number of carbonyl (C=O) groups is 1. The molecule has 0 spiro atoms. The van der Waals surface area contributed by atoms with Gasteiger partial charge in [0.2, 0.25) is 5.91 Å². The molecule has 0 saturated heterocycles. The second-order valence-electron chi connectivity index (χ2n) is 9.44. The predicted molar refractivity (Wildman–Crippen MR) is 160 cm³/mol. The van der Waals surface area contributed by atoms with Gasteiger partial charge in [-0.05, 0) is 37.6 Å². The minimum absolute atomic E-state index is 0.0419. The molecule has 0 fully saturated rings. The second-order valence-corrected chi connectivity index (χ2v) is 9.44. The van der Waals surface area contributed by atoms with Gasteiger partial charge in [-0.2, -0.15) is 0 Å². The number of nitrogens with zero attached hydrogens (tertiary/aromatic N) is 2. The molecule has 2 aromatic carbocycles. The zero-order valence-corrected chi connectivity index (χ0v) is 23.5. The summed E-state index contributed by atoms with van der Waals surface area (Å²) in [6.07, 6.45) is 5.56. The van der Waals surface area contributed by atoms with Crippen molar-refractivity contribution in [3.63, 3.8) is 0 Å². The van der Waals surface area contributed by atoms with Crippen molar-refractivity contribution in [1.82, 2.24) is 4.98 Å². The number of aliphatic imine (C=N–C) groups is 1. The number of ether oxygens (including phenoxy) is 1. The molecule has 9 nitrogen and oxygen atoms in total. The van der Waals surface area contributed by atoms with E-state index in [2.05, 4.69) is 25.9 Å². The number of pyridine rings is 1. The van der Waals surface area contributed by atoms with E-state index in [4.69, 9.17) is 10.1 Å². The summed E-state index contributed by atoms with van der Waals surface area (Å²) in [5, 5.41) is 28.6. The number of amides is 1. The van der Waals surface area contributed by atoms with E-state index in [0.29, 0.717) is 29.2 Å². The number of amidine groups is 1. The highest BCUT2D eigenvalue weighted by atomic mass is 19.1. The van der Waals surface area contributed by atoms with Crippen LogP contribution in [0.5, 0.6) is 5.75 Å². The third-order valence-corrected chi connectivity index (χ3v) is 6.35. The van der Waals surface area contributed by atoms with E-state index in [-0.39, 0.29) is 59.3 Å². The van der Waals surface area contributed by atoms with Crippen molar-refractivity contribution < 1.29 is 23.4 Å². The molecular formula is C31H32F2N6O3. The number of aromatic nitrogens is 1. The van der Waals surface area contributed by atoms with Gasteiger partial charge in [-0.15, -0.1) is 0 Å². The van der Waals surface area contributed by atoms with Crippen LogP contribution < -0.4 is 20.7 Å². The summed E-state index contributed by atoms with van der Waals surface area (Å²) < 4.78 is 34.6. The van der Waals surface area contributed by atoms with Crippen LogP contribution in [-0.2, 0) is 11.3 Å². The first-order chi connectivity index (χ1) is 20.2. The molecule has 1 aromatic heterocycles. The van der Waals surface area contributed by atoms with Crippen LogP contribution in [0, 0.1) is 23.0 Å². The summed E-state index contributed by atoms with van der Waals surface area (Å²) >= 11 is 0. The normalized spacial score (nSPS) is 14.6. The van der Waals surface area contributed by atoms with E-state index in [9.17, 15) is 18.7 Å². The molecule has 2 heterocycles. The SMILES string of the molecule is CCOc1cc(F)c(CNc2ccccc2C(=N)C2=CC(CC)C=C(O)C(Nc3ccnc(NC(C)=O)c3)=N2)c(F)c1. The van der Waals surface area contributed by atoms with Crippen LogP contribution >= 0.6 is 0 Å². The van der Waals surface area contributed by atoms with Gasteiger partial charge in [-0.25, -0.2) is 18.8 Å². The van der Waals surface area contributed by atoms with Crippen LogP contribution in [0.25, 0.3) is 0 Å². The standard InChI is InChI=1S/C31H32F2N6O3/c1-4-19-12-27(39-31(28(41)13-19)38-20-10-11-35-29(14-20)37-18(3)40)30(34)22-8-6-7-9-26(22)36-17-23-24(32)15-21(42-5-2)16-25(23)33/h6-16,19,34,36,41H,4-5,17H2,1-3H3,(H2,35,37,38,39,40). The van der Waals surface area contributed by atoms with Crippen LogP contribution in [0.2, 0.25) is 0 Å². The zero-order chi connectivity index (χ0) is 30.2. The largest absolute Gasteiger partial charge is 0.504 e. The van der Waals surface area contributed by atoms with Crippen molar-refractivity contribution in [2.24, 2.45) is 10.9 Å². The second kappa shape index (κ2) is 13.5. The van der Waals surface area contributed by atoms with E-state index in [1.54, 1.807) is 55.5 Å². The lowest BCUT2D eigenvalue weighted by atomic mass is 10.00. The molecule has 0 saturated carbocycles. The highest BCUT2D eigenvalue weighted by Gasteiger charge is 2.21. The van der Waals surface area contributed by atoms with Crippen molar-refractivity contribution in [1.29, 1.82) is 5.41 Å². The monoisotopic (exact) mass is 574 g/mol. The Morgan fingerprint density at radius 1 is 1.10 bits per heavy atom. The molecule has 0 aliphatic carbocycles. The summed E-state index contributed by atoms with van der Waals surface area (Å²) in [6, 6.07) is 12.4. The molecule has 3 aromatic rings. The highest BCUT2D eigenvalue weighted by molar-refractivity contribution is 6.17. The molecule has 0 bridgehead atoms. The Morgan fingerprint density at radius 2 is 1.83 bits per heavy atom. The lowest BCUT2D eigenvalue weighted by molar-refractivity contribution is -0.114. The third kappa shape index (κ3) is 7.36. The van der Waals surface area contributed by atoms with Crippen LogP contribution in [-0.4, -0.2) is 34.2 Å². The Bertz CT molecular complexity index is 1560. The number of hydrogen-bond acceptors (Lipinski definition) is 8. The first-order valence-electron chi connectivity index (χ1n) is 13.4. The molecule has 1 amide bonds. The first kappa shape index (κ1) is 29.9. The number of anilines is 3. The Labute approximate surface area is 242 Å². The summed E-state index contributed by atoms with van der Waals surface area (Å²) in [5.74, 6) is -1.55. The van der Waals surface area contributed by atoms with Crippen molar-refractivity contribution in [3.05, 3.63) is 101 Å². The molecule has 5 N–H and O–H groups in total. The van der Waals surface area contributed by atoms with E-state index in [1.165, 1.54) is 13.1 Å². The number of hydrogen-bond donors (Lipinski definition) is 5. The fraction of sp³-hybridized carbons (Fsp3) is 0.226. The Balaban J connectivity index is 1.62. The van der Waals surface area contributed by atoms with Gasteiger partial charge in [0.15, 0.2) is 11.6 Å². The van der Waals surface area contributed by atoms with E-state index >= 15 is 0 Å². The quantitative estimate of drug-likeness (QED) is 0.174. The number of halogens is 2. The molecule has 1 aliphatic rings. The number of benzene rings is 2. The lowest BCUT2D eigenvalue weighted by Gasteiger charge is -2.15. The number of rotatable bonds is 10. The fourth-order valence-corrected chi connectivity index (χ4v) is 4.28. The van der Waals surface area contributed by atoms with E-state index in [0.717, 1.165) is 12.1 Å². The van der Waals surface area contributed by atoms with Crippen LogP contribution in [0.1, 0.15) is 38.3 Å². The number of aliphatic hydroxyl groups is 1. The average molecular weight is 575 g/mol. The predicted octanol–water partition coefficient (Wildman–Crippen LogP) is 6.57. The van der Waals surface area contributed by atoms with Gasteiger partial charge >= 0.3 is 0 Å². The summed E-state index contributed by atoms with van der Waals surface area (Å²) in [6.45, 7) is 5.17. The van der Waals surface area contributed by atoms with Gasteiger partial charge in [0.1, 0.15) is 23.2 Å². The van der Waals surface area contributed by atoms with Gasteiger partial charge in [0.25, 0.3) is 0 Å². The van der Waals surface area contributed by atoms with Crippen molar-refractivity contribution in [2.45, 2.75) is 33.7 Å². The molecule has 4 rings (SSSR count). The smallest absolute Gasteiger partial charge is 0.222 e. The maximum atomic E-state index is 14.7. The fourth-order valence-electron chi connectivity index (χ4n) is 4.28. The maximum absolute atomic E-state index is 14.7. The molecule has 42 heavy (non-hydrogen) atoms. The summed E-state index contributed by atoms with van der Waals surface area (Å²) in [7, 11) is 0. The summed E-state index contributed by atoms with van der Waals surface area (Å²) in [4.78, 5) is 20.1. The lowest BCUT2D eigenvalue weighted by Crippen LogP contribution is -2.17.